The first-order valence-corrected chi connectivity index (χ1v) is 14.6. The van der Waals surface area contributed by atoms with Crippen molar-refractivity contribution in [2.75, 3.05) is 10.8 Å². The first-order valence-electron chi connectivity index (χ1n) is 12.8. The second-order valence-electron chi connectivity index (χ2n) is 9.93. The molecule has 0 bridgehead atoms. The van der Waals surface area contributed by atoms with Gasteiger partial charge in [-0.25, -0.2) is 13.8 Å². The van der Waals surface area contributed by atoms with Gasteiger partial charge in [-0.2, -0.15) is 5.10 Å². The van der Waals surface area contributed by atoms with Crippen LogP contribution in [0.15, 0.2) is 76.7 Å². The molecule has 208 valence electrons. The average molecular weight is 577 g/mol. The number of hydrogen-bond acceptors (Lipinski definition) is 4. The predicted molar refractivity (Wildman–Crippen MR) is 162 cm³/mol. The van der Waals surface area contributed by atoms with Crippen molar-refractivity contribution in [3.05, 3.63) is 111 Å². The lowest BCUT2D eigenvalue weighted by atomic mass is 10.1. The van der Waals surface area contributed by atoms with E-state index in [4.69, 9.17) is 11.6 Å². The van der Waals surface area contributed by atoms with Gasteiger partial charge in [-0.3, -0.25) is 9.10 Å². The van der Waals surface area contributed by atoms with Crippen LogP contribution in [0.4, 0.5) is 5.69 Å². The highest BCUT2D eigenvalue weighted by molar-refractivity contribution is 7.92. The number of carbonyl (C=O) groups excluding carboxylic acids is 1. The van der Waals surface area contributed by atoms with Crippen molar-refractivity contribution >= 4 is 39.4 Å². The summed E-state index contributed by atoms with van der Waals surface area (Å²) in [5.74, 6) is -0.589. The number of aromatic nitrogens is 1. The first kappa shape index (κ1) is 29.1. The lowest BCUT2D eigenvalue weighted by Gasteiger charge is -2.25. The van der Waals surface area contributed by atoms with Crippen molar-refractivity contribution < 1.29 is 13.2 Å². The van der Waals surface area contributed by atoms with Gasteiger partial charge in [0.1, 0.15) is 6.54 Å². The number of benzene rings is 3. The Labute approximate surface area is 241 Å². The van der Waals surface area contributed by atoms with E-state index in [1.165, 1.54) is 23.3 Å². The Kier molecular flexibility index (Phi) is 8.51. The topological polar surface area (TPSA) is 83.8 Å². The van der Waals surface area contributed by atoms with Gasteiger partial charge in [0, 0.05) is 27.7 Å². The van der Waals surface area contributed by atoms with Gasteiger partial charge in [-0.05, 0) is 101 Å². The summed E-state index contributed by atoms with van der Waals surface area (Å²) in [6.45, 7) is 11.3. The summed E-state index contributed by atoms with van der Waals surface area (Å²) >= 11 is 6.31. The quantitative estimate of drug-likeness (QED) is 0.197. The van der Waals surface area contributed by atoms with E-state index in [1.807, 2.05) is 26.8 Å². The molecule has 3 aromatic carbocycles. The third kappa shape index (κ3) is 5.98. The van der Waals surface area contributed by atoms with Crippen molar-refractivity contribution in [2.45, 2.75) is 46.4 Å². The number of halogens is 1. The molecule has 1 N–H and O–H groups in total. The number of carbonyl (C=O) groups is 1. The molecule has 0 atom stereocenters. The van der Waals surface area contributed by atoms with Gasteiger partial charge in [0.15, 0.2) is 0 Å². The lowest BCUT2D eigenvalue weighted by molar-refractivity contribution is -0.119. The van der Waals surface area contributed by atoms with Crippen LogP contribution in [0.3, 0.4) is 0 Å². The van der Waals surface area contributed by atoms with Gasteiger partial charge in [0.2, 0.25) is 0 Å². The molecule has 0 radical (unpaired) electrons. The number of aryl methyl sites for hydroxylation is 4. The van der Waals surface area contributed by atoms with Gasteiger partial charge in [-0.1, -0.05) is 41.4 Å². The second kappa shape index (κ2) is 11.7. The zero-order chi connectivity index (χ0) is 29.2. The number of rotatable bonds is 8. The van der Waals surface area contributed by atoms with Crippen molar-refractivity contribution in [3.63, 3.8) is 0 Å². The maximum atomic E-state index is 13.7. The van der Waals surface area contributed by atoms with E-state index in [1.54, 1.807) is 43.5 Å². The van der Waals surface area contributed by atoms with Crippen LogP contribution in [0.2, 0.25) is 5.02 Å². The number of hydrazone groups is 1. The molecular formula is C31H33ClN4O3S. The second-order valence-corrected chi connectivity index (χ2v) is 12.2. The Bertz CT molecular complexity index is 1710. The summed E-state index contributed by atoms with van der Waals surface area (Å²) in [7, 11) is -4.07. The maximum absolute atomic E-state index is 13.7. The SMILES string of the molecule is Cc1ccc(S(=O)(=O)N(CC(=O)N/N=C\c2cc(C)n(-c3ccc(C)c(C)c3)c2C)c2cccc(Cl)c2C)cc1. The van der Waals surface area contributed by atoms with Gasteiger partial charge in [0.25, 0.3) is 15.9 Å². The van der Waals surface area contributed by atoms with Crippen LogP contribution in [-0.4, -0.2) is 31.7 Å². The number of anilines is 1. The average Bonchev–Trinajstić information content (AvgIpc) is 3.19. The molecule has 0 fully saturated rings. The molecular weight excluding hydrogens is 544 g/mol. The first-order chi connectivity index (χ1) is 18.9. The molecule has 40 heavy (non-hydrogen) atoms. The predicted octanol–water partition coefficient (Wildman–Crippen LogP) is 6.33. The normalized spacial score (nSPS) is 11.7. The molecule has 1 aromatic heterocycles. The van der Waals surface area contributed by atoms with E-state index in [2.05, 4.69) is 47.1 Å². The molecule has 0 aliphatic rings. The van der Waals surface area contributed by atoms with E-state index in [0.717, 1.165) is 32.5 Å². The Morgan fingerprint density at radius 3 is 2.33 bits per heavy atom. The molecule has 7 nitrogen and oxygen atoms in total. The molecule has 4 rings (SSSR count). The largest absolute Gasteiger partial charge is 0.318 e. The highest BCUT2D eigenvalue weighted by atomic mass is 35.5. The van der Waals surface area contributed by atoms with E-state index in [9.17, 15) is 13.2 Å². The number of nitrogens with zero attached hydrogens (tertiary/aromatic N) is 3. The molecule has 0 saturated heterocycles. The van der Waals surface area contributed by atoms with Crippen LogP contribution in [0.1, 0.15) is 39.2 Å². The fourth-order valence-corrected chi connectivity index (χ4v) is 6.17. The minimum Gasteiger partial charge on any atom is -0.318 e. The molecule has 1 heterocycles. The molecule has 0 aliphatic heterocycles. The summed E-state index contributed by atoms with van der Waals surface area (Å²) in [5.41, 5.74) is 10.6. The van der Waals surface area contributed by atoms with Gasteiger partial charge >= 0.3 is 0 Å². The summed E-state index contributed by atoms with van der Waals surface area (Å²) < 4.78 is 30.5. The number of hydrogen-bond donors (Lipinski definition) is 1. The molecule has 4 aromatic rings. The molecule has 0 saturated carbocycles. The Balaban J connectivity index is 1.58. The van der Waals surface area contributed by atoms with E-state index < -0.39 is 22.5 Å². The number of amides is 1. The van der Waals surface area contributed by atoms with Crippen molar-refractivity contribution in [1.29, 1.82) is 0 Å². The van der Waals surface area contributed by atoms with Crippen LogP contribution in [-0.2, 0) is 14.8 Å². The van der Waals surface area contributed by atoms with Crippen molar-refractivity contribution in [1.82, 2.24) is 9.99 Å². The van der Waals surface area contributed by atoms with Gasteiger partial charge in [-0.15, -0.1) is 0 Å². The van der Waals surface area contributed by atoms with Crippen LogP contribution in [0.25, 0.3) is 5.69 Å². The third-order valence-corrected chi connectivity index (χ3v) is 9.20. The minimum atomic E-state index is -4.07. The Morgan fingerprint density at radius 2 is 1.65 bits per heavy atom. The zero-order valence-electron chi connectivity index (χ0n) is 23.5. The fourth-order valence-electron chi connectivity index (χ4n) is 4.52. The van der Waals surface area contributed by atoms with Gasteiger partial charge in [0.05, 0.1) is 16.8 Å². The van der Waals surface area contributed by atoms with Crippen LogP contribution in [0, 0.1) is 41.5 Å². The lowest BCUT2D eigenvalue weighted by Crippen LogP contribution is -2.40. The smallest absolute Gasteiger partial charge is 0.264 e. The summed E-state index contributed by atoms with van der Waals surface area (Å²) in [6, 6.07) is 19.7. The van der Waals surface area contributed by atoms with Crippen LogP contribution >= 0.6 is 11.6 Å². The standard InChI is InChI=1S/C31H33ClN4O3S/c1-20-10-14-28(15-11-20)40(38,39)35(30-9-7-8-29(32)24(30)5)19-31(37)34-33-18-26-17-23(4)36(25(26)6)27-13-12-21(2)22(3)16-27/h7-18H,19H2,1-6H3,(H,34,37)/b33-18-. The van der Waals surface area contributed by atoms with Crippen molar-refractivity contribution in [3.8, 4) is 5.69 Å². The van der Waals surface area contributed by atoms with Crippen molar-refractivity contribution in [2.24, 2.45) is 5.10 Å². The molecule has 0 aliphatic carbocycles. The van der Waals surface area contributed by atoms with E-state index >= 15 is 0 Å². The molecule has 0 unspecified atom stereocenters. The highest BCUT2D eigenvalue weighted by Gasteiger charge is 2.28. The molecule has 0 spiro atoms. The third-order valence-electron chi connectivity index (χ3n) is 7.02. The van der Waals surface area contributed by atoms with Crippen LogP contribution in [0.5, 0.6) is 0 Å². The Morgan fingerprint density at radius 1 is 0.950 bits per heavy atom. The van der Waals surface area contributed by atoms with Gasteiger partial charge < -0.3 is 4.57 Å². The highest BCUT2D eigenvalue weighted by Crippen LogP contribution is 2.31. The number of nitrogens with one attached hydrogen (secondary N) is 1. The fraction of sp³-hybridized carbons (Fsp3) is 0.226. The van der Waals surface area contributed by atoms with E-state index in [-0.39, 0.29) is 4.90 Å². The molecule has 1 amide bonds. The zero-order valence-corrected chi connectivity index (χ0v) is 25.1. The monoisotopic (exact) mass is 576 g/mol. The minimum absolute atomic E-state index is 0.0764. The maximum Gasteiger partial charge on any atom is 0.264 e. The Hall–Kier alpha value is -3.88. The summed E-state index contributed by atoms with van der Waals surface area (Å²) in [5, 5.41) is 4.55. The van der Waals surface area contributed by atoms with E-state index in [0.29, 0.717) is 16.3 Å². The summed E-state index contributed by atoms with van der Waals surface area (Å²) in [6.07, 6.45) is 1.57. The van der Waals surface area contributed by atoms with Crippen LogP contribution < -0.4 is 9.73 Å². The summed E-state index contributed by atoms with van der Waals surface area (Å²) in [4.78, 5) is 13.1. The number of sulfonamides is 1. The molecule has 9 heteroatoms.